The number of anilines is 3. The van der Waals surface area contributed by atoms with Crippen LogP contribution in [0.3, 0.4) is 0 Å². The molecule has 0 aliphatic carbocycles. The smallest absolute Gasteiger partial charge is 0.308 e. The Bertz CT molecular complexity index is 1460. The molecule has 0 bridgehead atoms. The van der Waals surface area contributed by atoms with E-state index in [0.29, 0.717) is 17.3 Å². The van der Waals surface area contributed by atoms with Gasteiger partial charge in [-0.2, -0.15) is 19.9 Å². The van der Waals surface area contributed by atoms with Gasteiger partial charge < -0.3 is 20.4 Å². The zero-order valence-electron chi connectivity index (χ0n) is 18.4. The monoisotopic (exact) mass is 447 g/mol. The fourth-order valence-corrected chi connectivity index (χ4v) is 3.07. The molecule has 4 aromatic heterocycles. The number of oxazole rings is 1. The standard InChI is InChI=1S/C21H21N9O3/c1-12-10-33-20(25-12)29-7-5-6-14(19(29)32)26-15-8-16(23-4)30-17(27-15)13(9-24-30)18(31)28-21(2,3)11-22/h5-10,23H,1-4H3,(H,26,27)(H,28,31). The third kappa shape index (κ3) is 4.11. The Labute approximate surface area is 187 Å². The molecule has 12 nitrogen and oxygen atoms in total. The van der Waals surface area contributed by atoms with Crippen molar-refractivity contribution in [3.05, 3.63) is 58.5 Å². The molecule has 4 heterocycles. The highest BCUT2D eigenvalue weighted by Gasteiger charge is 2.24. The molecule has 168 valence electrons. The lowest BCUT2D eigenvalue weighted by atomic mass is 10.1. The van der Waals surface area contributed by atoms with Crippen molar-refractivity contribution < 1.29 is 9.21 Å². The lowest BCUT2D eigenvalue weighted by molar-refractivity contribution is 0.0930. The molecule has 0 aliphatic rings. The van der Waals surface area contributed by atoms with Gasteiger partial charge in [-0.15, -0.1) is 0 Å². The second kappa shape index (κ2) is 8.12. The number of amides is 1. The molecule has 4 aromatic rings. The molecule has 0 spiro atoms. The summed E-state index contributed by atoms with van der Waals surface area (Å²) in [4.78, 5) is 34.4. The van der Waals surface area contributed by atoms with Gasteiger partial charge in [0, 0.05) is 19.3 Å². The van der Waals surface area contributed by atoms with Gasteiger partial charge in [0.15, 0.2) is 5.65 Å². The number of hydrogen-bond donors (Lipinski definition) is 3. The van der Waals surface area contributed by atoms with Crippen LogP contribution in [0.25, 0.3) is 11.7 Å². The summed E-state index contributed by atoms with van der Waals surface area (Å²) in [5.41, 5.74) is -0.167. The van der Waals surface area contributed by atoms with Crippen LogP contribution in [0.2, 0.25) is 0 Å². The first-order chi connectivity index (χ1) is 15.7. The van der Waals surface area contributed by atoms with Crippen LogP contribution >= 0.6 is 0 Å². The van der Waals surface area contributed by atoms with Crippen molar-refractivity contribution in [3.63, 3.8) is 0 Å². The number of fused-ring (bicyclic) bond motifs is 1. The summed E-state index contributed by atoms with van der Waals surface area (Å²) in [5.74, 6) is 0.338. The van der Waals surface area contributed by atoms with Crippen molar-refractivity contribution in [3.8, 4) is 12.1 Å². The Morgan fingerprint density at radius 3 is 2.76 bits per heavy atom. The molecular formula is C21H21N9O3. The van der Waals surface area contributed by atoms with Gasteiger partial charge in [-0.3, -0.25) is 9.59 Å². The Kier molecular flexibility index (Phi) is 5.31. The number of hydrogen-bond acceptors (Lipinski definition) is 9. The van der Waals surface area contributed by atoms with E-state index in [9.17, 15) is 14.9 Å². The summed E-state index contributed by atoms with van der Waals surface area (Å²) in [6.07, 6.45) is 4.37. The number of carbonyl (C=O) groups is 1. The lowest BCUT2D eigenvalue weighted by Gasteiger charge is -2.16. The number of aromatic nitrogens is 5. The van der Waals surface area contributed by atoms with E-state index in [2.05, 4.69) is 31.0 Å². The third-order valence-electron chi connectivity index (χ3n) is 4.70. The molecular weight excluding hydrogens is 426 g/mol. The van der Waals surface area contributed by atoms with Crippen LogP contribution in [-0.2, 0) is 0 Å². The Hall–Kier alpha value is -4.66. The third-order valence-corrected chi connectivity index (χ3v) is 4.70. The van der Waals surface area contributed by atoms with E-state index < -0.39 is 17.0 Å². The maximum atomic E-state index is 13.0. The number of carbonyl (C=O) groups excluding carboxylic acids is 1. The average Bonchev–Trinajstić information content (AvgIpc) is 3.40. The van der Waals surface area contributed by atoms with Crippen LogP contribution in [0.5, 0.6) is 0 Å². The molecule has 0 radical (unpaired) electrons. The van der Waals surface area contributed by atoms with Crippen LogP contribution in [0.15, 0.2) is 46.1 Å². The lowest BCUT2D eigenvalue weighted by Crippen LogP contribution is -2.42. The number of aryl methyl sites for hydroxylation is 1. The van der Waals surface area contributed by atoms with Crippen molar-refractivity contribution >= 4 is 28.9 Å². The minimum absolute atomic E-state index is 0.148. The van der Waals surface area contributed by atoms with Gasteiger partial charge in [-0.1, -0.05) is 0 Å². The van der Waals surface area contributed by atoms with Crippen LogP contribution in [0, 0.1) is 18.3 Å². The van der Waals surface area contributed by atoms with Crippen molar-refractivity contribution in [1.29, 1.82) is 5.26 Å². The van der Waals surface area contributed by atoms with Gasteiger partial charge in [0.2, 0.25) is 0 Å². The Morgan fingerprint density at radius 2 is 2.09 bits per heavy atom. The fraction of sp³-hybridized carbons (Fsp3) is 0.238. The zero-order valence-corrected chi connectivity index (χ0v) is 18.4. The predicted octanol–water partition coefficient (Wildman–Crippen LogP) is 1.99. The average molecular weight is 447 g/mol. The van der Waals surface area contributed by atoms with Gasteiger partial charge in [-0.25, -0.2) is 9.55 Å². The predicted molar refractivity (Wildman–Crippen MR) is 120 cm³/mol. The molecule has 0 aromatic carbocycles. The molecule has 12 heteroatoms. The Morgan fingerprint density at radius 1 is 1.30 bits per heavy atom. The highest BCUT2D eigenvalue weighted by atomic mass is 16.4. The summed E-state index contributed by atoms with van der Waals surface area (Å²) >= 11 is 0. The minimum atomic E-state index is -1.07. The van der Waals surface area contributed by atoms with E-state index in [-0.39, 0.29) is 22.9 Å². The van der Waals surface area contributed by atoms with Gasteiger partial charge >= 0.3 is 6.01 Å². The van der Waals surface area contributed by atoms with E-state index in [0.717, 1.165) is 0 Å². The van der Waals surface area contributed by atoms with Gasteiger partial charge in [0.1, 0.15) is 34.7 Å². The number of rotatable bonds is 6. The number of nitrogens with zero attached hydrogens (tertiary/aromatic N) is 6. The van der Waals surface area contributed by atoms with E-state index in [1.807, 2.05) is 6.07 Å². The Balaban J connectivity index is 1.74. The van der Waals surface area contributed by atoms with Crippen LogP contribution in [0.4, 0.5) is 17.3 Å². The van der Waals surface area contributed by atoms with Gasteiger partial charge in [0.05, 0.1) is 18.0 Å². The maximum absolute atomic E-state index is 13.0. The SMILES string of the molecule is CNc1cc(Nc2cccn(-c3nc(C)co3)c2=O)nc2c(C(=O)NC(C)(C)C#N)cnn12. The summed E-state index contributed by atoms with van der Waals surface area (Å²) in [6.45, 7) is 4.94. The number of nitrogens with one attached hydrogen (secondary N) is 3. The second-order valence-corrected chi connectivity index (χ2v) is 7.75. The number of pyridine rings is 1. The zero-order chi connectivity index (χ0) is 23.8. The molecule has 1 amide bonds. The molecule has 0 saturated carbocycles. The normalized spacial score (nSPS) is 11.2. The molecule has 0 atom stereocenters. The molecule has 0 saturated heterocycles. The highest BCUT2D eigenvalue weighted by Crippen LogP contribution is 2.21. The van der Waals surface area contributed by atoms with Crippen molar-refractivity contribution in [2.45, 2.75) is 26.3 Å². The quantitative estimate of drug-likeness (QED) is 0.402. The van der Waals surface area contributed by atoms with E-state index in [1.54, 1.807) is 52.2 Å². The maximum Gasteiger partial charge on any atom is 0.308 e. The number of nitriles is 1. The second-order valence-electron chi connectivity index (χ2n) is 7.75. The largest absolute Gasteiger partial charge is 0.431 e. The molecule has 3 N–H and O–H groups in total. The van der Waals surface area contributed by atoms with Gasteiger partial charge in [-0.05, 0) is 32.9 Å². The van der Waals surface area contributed by atoms with Crippen molar-refractivity contribution in [2.75, 3.05) is 17.7 Å². The van der Waals surface area contributed by atoms with Crippen LogP contribution in [0.1, 0.15) is 29.9 Å². The summed E-state index contributed by atoms with van der Waals surface area (Å²) in [5, 5.41) is 22.1. The molecule has 0 fully saturated rings. The molecule has 0 aliphatic heterocycles. The van der Waals surface area contributed by atoms with Gasteiger partial charge in [0.25, 0.3) is 11.5 Å². The molecule has 4 rings (SSSR count). The molecule has 0 unspecified atom stereocenters. The van der Waals surface area contributed by atoms with Crippen LogP contribution < -0.4 is 21.5 Å². The summed E-state index contributed by atoms with van der Waals surface area (Å²) < 4.78 is 8.06. The fourth-order valence-electron chi connectivity index (χ4n) is 3.07. The first kappa shape index (κ1) is 21.6. The first-order valence-electron chi connectivity index (χ1n) is 9.94. The van der Waals surface area contributed by atoms with E-state index >= 15 is 0 Å². The van der Waals surface area contributed by atoms with Crippen LogP contribution in [-0.4, -0.2) is 42.6 Å². The summed E-state index contributed by atoms with van der Waals surface area (Å²) in [6, 6.07) is 7.08. The van der Waals surface area contributed by atoms with Crippen molar-refractivity contribution in [2.24, 2.45) is 0 Å². The topological polar surface area (TPSA) is 155 Å². The van der Waals surface area contributed by atoms with E-state index in [4.69, 9.17) is 4.42 Å². The highest BCUT2D eigenvalue weighted by molar-refractivity contribution is 6.00. The van der Waals surface area contributed by atoms with Crippen molar-refractivity contribution in [1.82, 2.24) is 29.5 Å². The minimum Gasteiger partial charge on any atom is -0.431 e. The molecule has 33 heavy (non-hydrogen) atoms. The van der Waals surface area contributed by atoms with E-state index in [1.165, 1.54) is 21.5 Å². The first-order valence-corrected chi connectivity index (χ1v) is 9.94. The summed E-state index contributed by atoms with van der Waals surface area (Å²) in [7, 11) is 1.69.